The van der Waals surface area contributed by atoms with Gasteiger partial charge in [0.15, 0.2) is 0 Å². The van der Waals surface area contributed by atoms with Gasteiger partial charge in [-0.05, 0) is 37.2 Å². The predicted molar refractivity (Wildman–Crippen MR) is 79.9 cm³/mol. The molecule has 0 radical (unpaired) electrons. The molecular formula is C16H17ClFNO. The zero-order valence-corrected chi connectivity index (χ0v) is 12.2. The first-order valence-corrected chi connectivity index (χ1v) is 6.77. The van der Waals surface area contributed by atoms with E-state index in [4.69, 9.17) is 16.3 Å². The SMILES string of the molecule is CNC(Cc1ccc(F)cc1Cl)c1ccccc1OC. The zero-order chi connectivity index (χ0) is 14.5. The predicted octanol–water partition coefficient (Wildman–Crippen LogP) is 3.99. The van der Waals surface area contributed by atoms with E-state index in [0.717, 1.165) is 16.9 Å². The van der Waals surface area contributed by atoms with Crippen molar-refractivity contribution in [2.24, 2.45) is 0 Å². The van der Waals surface area contributed by atoms with Crippen LogP contribution in [-0.2, 0) is 6.42 Å². The molecule has 2 nitrogen and oxygen atoms in total. The van der Waals surface area contributed by atoms with Gasteiger partial charge < -0.3 is 10.1 Å². The molecule has 0 aliphatic rings. The minimum atomic E-state index is -0.322. The molecule has 4 heteroatoms. The van der Waals surface area contributed by atoms with Crippen LogP contribution in [0.15, 0.2) is 42.5 Å². The summed E-state index contributed by atoms with van der Waals surface area (Å²) >= 11 is 6.09. The van der Waals surface area contributed by atoms with Crippen molar-refractivity contribution < 1.29 is 9.13 Å². The van der Waals surface area contributed by atoms with E-state index in [1.54, 1.807) is 13.2 Å². The molecule has 106 valence electrons. The number of likely N-dealkylation sites (N-methyl/N-ethyl adjacent to an activating group) is 1. The molecule has 0 saturated carbocycles. The van der Waals surface area contributed by atoms with E-state index in [2.05, 4.69) is 5.32 Å². The van der Waals surface area contributed by atoms with Crippen LogP contribution in [0.2, 0.25) is 5.02 Å². The number of methoxy groups -OCH3 is 1. The first kappa shape index (κ1) is 14.8. The topological polar surface area (TPSA) is 21.3 Å². The zero-order valence-electron chi connectivity index (χ0n) is 11.5. The van der Waals surface area contributed by atoms with Crippen LogP contribution in [0, 0.1) is 5.82 Å². The van der Waals surface area contributed by atoms with Crippen molar-refractivity contribution in [1.82, 2.24) is 5.32 Å². The van der Waals surface area contributed by atoms with Crippen LogP contribution in [0.3, 0.4) is 0 Å². The quantitative estimate of drug-likeness (QED) is 0.900. The summed E-state index contributed by atoms with van der Waals surface area (Å²) in [4.78, 5) is 0. The minimum Gasteiger partial charge on any atom is -0.496 e. The number of nitrogens with one attached hydrogen (secondary N) is 1. The second-order valence-electron chi connectivity index (χ2n) is 4.52. The summed E-state index contributed by atoms with van der Waals surface area (Å²) in [6.07, 6.45) is 0.663. The van der Waals surface area contributed by atoms with E-state index in [1.807, 2.05) is 31.3 Å². The Morgan fingerprint density at radius 3 is 2.65 bits per heavy atom. The summed E-state index contributed by atoms with van der Waals surface area (Å²) in [5.74, 6) is 0.502. The third-order valence-corrected chi connectivity index (χ3v) is 3.65. The lowest BCUT2D eigenvalue weighted by Gasteiger charge is -2.20. The third kappa shape index (κ3) is 3.30. The molecular weight excluding hydrogens is 277 g/mol. The van der Waals surface area contributed by atoms with Crippen LogP contribution >= 0.6 is 11.6 Å². The number of halogens is 2. The van der Waals surface area contributed by atoms with E-state index in [0.29, 0.717) is 11.4 Å². The maximum absolute atomic E-state index is 13.1. The summed E-state index contributed by atoms with van der Waals surface area (Å²) in [6.45, 7) is 0. The average Bonchev–Trinajstić information content (AvgIpc) is 2.46. The molecule has 0 heterocycles. The summed E-state index contributed by atoms with van der Waals surface area (Å²) in [5, 5.41) is 3.70. The number of ether oxygens (including phenoxy) is 1. The summed E-state index contributed by atoms with van der Waals surface area (Å²) in [6, 6.07) is 12.4. The number of para-hydroxylation sites is 1. The van der Waals surface area contributed by atoms with Crippen molar-refractivity contribution in [1.29, 1.82) is 0 Å². The normalized spacial score (nSPS) is 12.2. The van der Waals surface area contributed by atoms with Crippen molar-refractivity contribution in [2.75, 3.05) is 14.2 Å². The largest absolute Gasteiger partial charge is 0.496 e. The van der Waals surface area contributed by atoms with Gasteiger partial charge in [0.25, 0.3) is 0 Å². The summed E-state index contributed by atoms with van der Waals surface area (Å²) in [5.41, 5.74) is 1.95. The van der Waals surface area contributed by atoms with E-state index in [9.17, 15) is 4.39 Å². The Morgan fingerprint density at radius 2 is 2.00 bits per heavy atom. The highest BCUT2D eigenvalue weighted by molar-refractivity contribution is 6.31. The van der Waals surface area contributed by atoms with Crippen molar-refractivity contribution in [3.63, 3.8) is 0 Å². The molecule has 1 atom stereocenters. The van der Waals surface area contributed by atoms with E-state index < -0.39 is 0 Å². The van der Waals surface area contributed by atoms with Crippen LogP contribution in [0.25, 0.3) is 0 Å². The van der Waals surface area contributed by atoms with Crippen LogP contribution in [0.4, 0.5) is 4.39 Å². The Bertz CT molecular complexity index is 588. The van der Waals surface area contributed by atoms with Crippen LogP contribution in [0.1, 0.15) is 17.2 Å². The molecule has 2 aromatic rings. The lowest BCUT2D eigenvalue weighted by Crippen LogP contribution is -2.19. The number of benzene rings is 2. The lowest BCUT2D eigenvalue weighted by atomic mass is 9.98. The van der Waals surface area contributed by atoms with E-state index in [-0.39, 0.29) is 11.9 Å². The Balaban J connectivity index is 2.29. The molecule has 0 saturated heterocycles. The molecule has 0 bridgehead atoms. The molecule has 0 aliphatic heterocycles. The fourth-order valence-corrected chi connectivity index (χ4v) is 2.47. The maximum Gasteiger partial charge on any atom is 0.124 e. The Morgan fingerprint density at radius 1 is 1.25 bits per heavy atom. The average molecular weight is 294 g/mol. The van der Waals surface area contributed by atoms with Crippen molar-refractivity contribution in [3.8, 4) is 5.75 Å². The minimum absolute atomic E-state index is 0.0501. The van der Waals surface area contributed by atoms with Gasteiger partial charge in [0.2, 0.25) is 0 Å². The third-order valence-electron chi connectivity index (χ3n) is 3.30. The number of rotatable bonds is 5. The standard InChI is InChI=1S/C16H17ClFNO/c1-19-15(13-5-3-4-6-16(13)20-2)9-11-7-8-12(18)10-14(11)17/h3-8,10,15,19H,9H2,1-2H3. The molecule has 0 aliphatic carbocycles. The van der Waals surface area contributed by atoms with Crippen LogP contribution in [0.5, 0.6) is 5.75 Å². The monoisotopic (exact) mass is 293 g/mol. The molecule has 1 N–H and O–H groups in total. The van der Waals surface area contributed by atoms with Crippen LogP contribution < -0.4 is 10.1 Å². The molecule has 0 amide bonds. The van der Waals surface area contributed by atoms with Crippen LogP contribution in [-0.4, -0.2) is 14.2 Å². The molecule has 0 fully saturated rings. The van der Waals surface area contributed by atoms with Gasteiger partial charge in [0.1, 0.15) is 11.6 Å². The first-order chi connectivity index (χ1) is 9.65. The highest BCUT2D eigenvalue weighted by Gasteiger charge is 2.16. The van der Waals surface area contributed by atoms with Gasteiger partial charge in [-0.2, -0.15) is 0 Å². The van der Waals surface area contributed by atoms with Gasteiger partial charge in [-0.25, -0.2) is 4.39 Å². The van der Waals surface area contributed by atoms with Crippen molar-refractivity contribution in [2.45, 2.75) is 12.5 Å². The fourth-order valence-electron chi connectivity index (χ4n) is 2.23. The molecule has 1 unspecified atom stereocenters. The maximum atomic E-state index is 13.1. The van der Waals surface area contributed by atoms with E-state index >= 15 is 0 Å². The number of hydrogen-bond donors (Lipinski definition) is 1. The smallest absolute Gasteiger partial charge is 0.124 e. The van der Waals surface area contributed by atoms with Gasteiger partial charge in [0, 0.05) is 16.6 Å². The van der Waals surface area contributed by atoms with E-state index in [1.165, 1.54) is 12.1 Å². The lowest BCUT2D eigenvalue weighted by molar-refractivity contribution is 0.401. The fraction of sp³-hybridized carbons (Fsp3) is 0.250. The molecule has 2 aromatic carbocycles. The number of hydrogen-bond acceptors (Lipinski definition) is 2. The van der Waals surface area contributed by atoms with Gasteiger partial charge >= 0.3 is 0 Å². The molecule has 0 spiro atoms. The van der Waals surface area contributed by atoms with Crippen molar-refractivity contribution in [3.05, 3.63) is 64.4 Å². The second-order valence-corrected chi connectivity index (χ2v) is 4.93. The summed E-state index contributed by atoms with van der Waals surface area (Å²) < 4.78 is 18.5. The van der Waals surface area contributed by atoms with Gasteiger partial charge in [-0.15, -0.1) is 0 Å². The molecule has 0 aromatic heterocycles. The van der Waals surface area contributed by atoms with Gasteiger partial charge in [0.05, 0.1) is 7.11 Å². The van der Waals surface area contributed by atoms with Crippen molar-refractivity contribution >= 4 is 11.6 Å². The van der Waals surface area contributed by atoms with Gasteiger partial charge in [-0.1, -0.05) is 35.9 Å². The first-order valence-electron chi connectivity index (χ1n) is 6.39. The Hall–Kier alpha value is -1.58. The highest BCUT2D eigenvalue weighted by atomic mass is 35.5. The summed E-state index contributed by atoms with van der Waals surface area (Å²) in [7, 11) is 3.53. The molecule has 20 heavy (non-hydrogen) atoms. The van der Waals surface area contributed by atoms with Gasteiger partial charge in [-0.3, -0.25) is 0 Å². The Labute approximate surface area is 123 Å². The Kier molecular flexibility index (Phi) is 4.99. The second kappa shape index (κ2) is 6.73. The molecule has 2 rings (SSSR count). The highest BCUT2D eigenvalue weighted by Crippen LogP contribution is 2.29.